The number of hydrazine groups is 1. The normalized spacial score (nSPS) is 17.8. The van der Waals surface area contributed by atoms with Gasteiger partial charge in [-0.3, -0.25) is 4.79 Å². The molecular formula is C15H23N7O6. The third-order valence-corrected chi connectivity index (χ3v) is 4.04. The Kier molecular flexibility index (Phi) is 7.68. The minimum atomic E-state index is -0.929. The standard InChI is InChI=1S/C15H23N7O6/c1-27-14(24)10(5-3-7-18-15(16)21-22(25)26)19-12(23)11-8-28-13(20-11)9-4-2-6-17-9/h8-10,17H,2-7H2,1H3,(H,19,23)(H3,16,18,21). The molecule has 1 aliphatic rings. The molecule has 0 aromatic carbocycles. The highest BCUT2D eigenvalue weighted by atomic mass is 16.7. The molecule has 1 saturated heterocycles. The number of hydrogen-bond donors (Lipinski definition) is 4. The number of rotatable bonds is 9. The van der Waals surface area contributed by atoms with Gasteiger partial charge in [-0.1, -0.05) is 5.43 Å². The van der Waals surface area contributed by atoms with E-state index in [9.17, 15) is 19.7 Å². The summed E-state index contributed by atoms with van der Waals surface area (Å²) in [5, 5.41) is 15.2. The third-order valence-electron chi connectivity index (χ3n) is 4.04. The van der Waals surface area contributed by atoms with Crippen molar-refractivity contribution in [2.75, 3.05) is 20.2 Å². The lowest BCUT2D eigenvalue weighted by Crippen LogP contribution is -2.42. The quantitative estimate of drug-likeness (QED) is 0.103. The van der Waals surface area contributed by atoms with Crippen molar-refractivity contribution in [1.82, 2.24) is 21.0 Å². The zero-order chi connectivity index (χ0) is 20.5. The van der Waals surface area contributed by atoms with Crippen LogP contribution in [0.25, 0.3) is 0 Å². The van der Waals surface area contributed by atoms with Crippen molar-refractivity contribution in [3.8, 4) is 0 Å². The molecule has 2 rings (SSSR count). The molecule has 0 spiro atoms. The van der Waals surface area contributed by atoms with E-state index in [1.54, 1.807) is 5.43 Å². The first-order valence-corrected chi connectivity index (χ1v) is 8.69. The summed E-state index contributed by atoms with van der Waals surface area (Å²) in [5.41, 5.74) is 7.07. The van der Waals surface area contributed by atoms with Gasteiger partial charge in [0.2, 0.25) is 5.89 Å². The largest absolute Gasteiger partial charge is 0.467 e. The van der Waals surface area contributed by atoms with Crippen LogP contribution in [0.2, 0.25) is 0 Å². The zero-order valence-corrected chi connectivity index (χ0v) is 15.3. The number of nitrogens with two attached hydrogens (primary N) is 1. The lowest BCUT2D eigenvalue weighted by molar-refractivity contribution is -0.525. The number of guanidine groups is 1. The number of nitro groups is 1. The molecule has 13 nitrogen and oxygen atoms in total. The lowest BCUT2D eigenvalue weighted by atomic mass is 10.1. The van der Waals surface area contributed by atoms with Crippen LogP contribution in [0.15, 0.2) is 15.7 Å². The highest BCUT2D eigenvalue weighted by Gasteiger charge is 2.26. The van der Waals surface area contributed by atoms with Crippen LogP contribution in [0, 0.1) is 10.1 Å². The first-order chi connectivity index (χ1) is 13.4. The van der Waals surface area contributed by atoms with Gasteiger partial charge in [-0.25, -0.2) is 24.9 Å². The summed E-state index contributed by atoms with van der Waals surface area (Å²) in [6.07, 6.45) is 3.65. The molecule has 0 radical (unpaired) electrons. The fraction of sp³-hybridized carbons (Fsp3) is 0.600. The summed E-state index contributed by atoms with van der Waals surface area (Å²) < 4.78 is 10.0. The molecule has 13 heteroatoms. The van der Waals surface area contributed by atoms with Gasteiger partial charge >= 0.3 is 5.97 Å². The first-order valence-electron chi connectivity index (χ1n) is 8.69. The van der Waals surface area contributed by atoms with Crippen LogP contribution < -0.4 is 21.8 Å². The maximum Gasteiger partial charge on any atom is 0.328 e. The lowest BCUT2D eigenvalue weighted by Gasteiger charge is -2.15. The molecule has 5 N–H and O–H groups in total. The van der Waals surface area contributed by atoms with Crippen LogP contribution in [0.5, 0.6) is 0 Å². The number of amides is 1. The SMILES string of the molecule is COC(=O)C(CCCN=C(N)N[N+](=O)[O-])NC(=O)c1coc(C2CCCN2)n1. The summed E-state index contributed by atoms with van der Waals surface area (Å²) in [4.78, 5) is 42.4. The van der Waals surface area contributed by atoms with Crippen molar-refractivity contribution < 1.29 is 23.8 Å². The van der Waals surface area contributed by atoms with Crippen molar-refractivity contribution in [1.29, 1.82) is 0 Å². The smallest absolute Gasteiger partial charge is 0.328 e. The Hall–Kier alpha value is -3.22. The zero-order valence-electron chi connectivity index (χ0n) is 15.3. The summed E-state index contributed by atoms with van der Waals surface area (Å²) in [7, 11) is 1.21. The van der Waals surface area contributed by atoms with Gasteiger partial charge < -0.3 is 25.5 Å². The van der Waals surface area contributed by atoms with Crippen molar-refractivity contribution in [2.24, 2.45) is 10.7 Å². The van der Waals surface area contributed by atoms with Crippen molar-refractivity contribution in [3.63, 3.8) is 0 Å². The number of aliphatic imine (C=N–C) groups is 1. The average Bonchev–Trinajstić information content (AvgIpc) is 3.34. The number of aromatic nitrogens is 1. The minimum Gasteiger partial charge on any atom is -0.467 e. The van der Waals surface area contributed by atoms with Crippen LogP contribution in [0.3, 0.4) is 0 Å². The molecule has 1 aliphatic heterocycles. The summed E-state index contributed by atoms with van der Waals surface area (Å²) in [6.45, 7) is 0.987. The maximum atomic E-state index is 12.4. The van der Waals surface area contributed by atoms with E-state index in [2.05, 4.69) is 20.6 Å². The number of ether oxygens (including phenoxy) is 1. The van der Waals surface area contributed by atoms with Crippen LogP contribution in [0.4, 0.5) is 0 Å². The van der Waals surface area contributed by atoms with Crippen LogP contribution in [0.1, 0.15) is 48.1 Å². The van der Waals surface area contributed by atoms with Gasteiger partial charge in [0.1, 0.15) is 12.3 Å². The molecule has 2 atom stereocenters. The molecule has 2 heterocycles. The second-order valence-electron chi connectivity index (χ2n) is 6.05. The van der Waals surface area contributed by atoms with Crippen molar-refractivity contribution in [3.05, 3.63) is 28.0 Å². The molecule has 1 amide bonds. The van der Waals surface area contributed by atoms with Gasteiger partial charge in [-0.05, 0) is 32.2 Å². The van der Waals surface area contributed by atoms with E-state index in [4.69, 9.17) is 14.9 Å². The highest BCUT2D eigenvalue weighted by molar-refractivity contribution is 5.94. The number of nitrogens with zero attached hydrogens (tertiary/aromatic N) is 3. The molecule has 1 fully saturated rings. The van der Waals surface area contributed by atoms with Crippen molar-refractivity contribution in [2.45, 2.75) is 37.8 Å². The van der Waals surface area contributed by atoms with Gasteiger partial charge in [0.15, 0.2) is 10.7 Å². The van der Waals surface area contributed by atoms with Crippen molar-refractivity contribution >= 4 is 17.8 Å². The molecule has 2 unspecified atom stereocenters. The minimum absolute atomic E-state index is 0.0194. The molecule has 154 valence electrons. The van der Waals surface area contributed by atoms with E-state index in [1.807, 2.05) is 0 Å². The fourth-order valence-corrected chi connectivity index (χ4v) is 2.69. The second-order valence-corrected chi connectivity index (χ2v) is 6.05. The van der Waals surface area contributed by atoms with E-state index in [0.717, 1.165) is 19.4 Å². The van der Waals surface area contributed by atoms with Gasteiger partial charge in [-0.15, -0.1) is 0 Å². The molecule has 0 saturated carbocycles. The Morgan fingerprint density at radius 2 is 2.39 bits per heavy atom. The number of oxazole rings is 1. The van der Waals surface area contributed by atoms with Crippen LogP contribution in [-0.4, -0.2) is 54.1 Å². The number of carbonyl (C=O) groups is 2. The Morgan fingerprint density at radius 3 is 3.04 bits per heavy atom. The summed E-state index contributed by atoms with van der Waals surface area (Å²) >= 11 is 0. The van der Waals surface area contributed by atoms with Gasteiger partial charge in [0.25, 0.3) is 11.9 Å². The second kappa shape index (κ2) is 10.2. The Labute approximate surface area is 160 Å². The highest BCUT2D eigenvalue weighted by Crippen LogP contribution is 2.22. The Morgan fingerprint density at radius 1 is 1.61 bits per heavy atom. The van der Waals surface area contributed by atoms with E-state index in [-0.39, 0.29) is 30.7 Å². The molecule has 1 aromatic rings. The molecule has 1 aromatic heterocycles. The fourth-order valence-electron chi connectivity index (χ4n) is 2.69. The number of hydrogen-bond acceptors (Lipinski definition) is 9. The topological polar surface area (TPSA) is 187 Å². The summed E-state index contributed by atoms with van der Waals surface area (Å²) in [5.74, 6) is -1.11. The van der Waals surface area contributed by atoms with E-state index in [0.29, 0.717) is 12.3 Å². The summed E-state index contributed by atoms with van der Waals surface area (Å²) in [6, 6.07) is -0.948. The molecule has 28 heavy (non-hydrogen) atoms. The number of esters is 1. The van der Waals surface area contributed by atoms with E-state index in [1.165, 1.54) is 13.4 Å². The number of nitrogens with one attached hydrogen (secondary N) is 3. The number of methoxy groups -OCH3 is 1. The van der Waals surface area contributed by atoms with E-state index < -0.39 is 23.0 Å². The predicted molar refractivity (Wildman–Crippen MR) is 95.6 cm³/mol. The van der Waals surface area contributed by atoms with Crippen LogP contribution in [-0.2, 0) is 9.53 Å². The van der Waals surface area contributed by atoms with Gasteiger partial charge in [0, 0.05) is 6.54 Å². The molecular weight excluding hydrogens is 374 g/mol. The first kappa shape index (κ1) is 21.1. The van der Waals surface area contributed by atoms with Gasteiger partial charge in [0.05, 0.1) is 13.2 Å². The monoisotopic (exact) mass is 397 g/mol. The maximum absolute atomic E-state index is 12.4. The Balaban J connectivity index is 1.89. The van der Waals surface area contributed by atoms with Crippen LogP contribution >= 0.6 is 0 Å². The predicted octanol–water partition coefficient (Wildman–Crippen LogP) is -0.753. The molecule has 0 bridgehead atoms. The van der Waals surface area contributed by atoms with Gasteiger partial charge in [-0.2, -0.15) is 0 Å². The number of carbonyl (C=O) groups excluding carboxylic acids is 2. The van der Waals surface area contributed by atoms with E-state index >= 15 is 0 Å². The average molecular weight is 397 g/mol. The molecule has 0 aliphatic carbocycles. The Bertz CT molecular complexity index is 728. The third kappa shape index (κ3) is 6.19.